The molecule has 0 radical (unpaired) electrons. The minimum absolute atomic E-state index is 0.0602. The van der Waals surface area contributed by atoms with Crippen molar-refractivity contribution in [3.8, 4) is 5.75 Å². The molecule has 0 aliphatic carbocycles. The summed E-state index contributed by atoms with van der Waals surface area (Å²) >= 11 is 5.66. The topological polar surface area (TPSA) is 59.1 Å². The zero-order chi connectivity index (χ0) is 10.7. The van der Waals surface area contributed by atoms with Gasteiger partial charge in [-0.25, -0.2) is 0 Å². The van der Waals surface area contributed by atoms with Gasteiger partial charge in [0.15, 0.2) is 0 Å². The Balaban J connectivity index is 2.94. The fourth-order valence-corrected chi connectivity index (χ4v) is 1.16. The first kappa shape index (κ1) is 10.7. The van der Waals surface area contributed by atoms with Gasteiger partial charge >= 0.3 is 6.61 Å². The normalized spacial score (nSPS) is 10.3. The highest BCUT2D eigenvalue weighted by Crippen LogP contribution is 2.23. The van der Waals surface area contributed by atoms with Gasteiger partial charge in [0.25, 0.3) is 0 Å². The van der Waals surface area contributed by atoms with E-state index < -0.39 is 6.61 Å². The smallest absolute Gasteiger partial charge is 0.387 e. The SMILES string of the molecule is N=C(N)c1ccc(OC(F)F)cc1Cl. The lowest BCUT2D eigenvalue weighted by Crippen LogP contribution is -2.11. The highest BCUT2D eigenvalue weighted by atomic mass is 35.5. The average Bonchev–Trinajstić information content (AvgIpc) is 2.01. The van der Waals surface area contributed by atoms with Crippen LogP contribution in [0.1, 0.15) is 5.56 Å². The van der Waals surface area contributed by atoms with E-state index in [4.69, 9.17) is 22.7 Å². The summed E-state index contributed by atoms with van der Waals surface area (Å²) in [4.78, 5) is 0. The predicted octanol–water partition coefficient (Wildman–Crippen LogP) is 2.23. The van der Waals surface area contributed by atoms with Crippen molar-refractivity contribution in [3.05, 3.63) is 28.8 Å². The van der Waals surface area contributed by atoms with E-state index in [2.05, 4.69) is 4.74 Å². The maximum Gasteiger partial charge on any atom is 0.387 e. The number of rotatable bonds is 3. The Morgan fingerprint density at radius 2 is 2.14 bits per heavy atom. The van der Waals surface area contributed by atoms with Gasteiger partial charge in [0.1, 0.15) is 11.6 Å². The quantitative estimate of drug-likeness (QED) is 0.606. The summed E-state index contributed by atoms with van der Waals surface area (Å²) < 4.78 is 27.7. The van der Waals surface area contributed by atoms with Gasteiger partial charge < -0.3 is 10.5 Å². The number of ether oxygens (including phenoxy) is 1. The molecule has 1 aromatic carbocycles. The van der Waals surface area contributed by atoms with Gasteiger partial charge in [-0.15, -0.1) is 0 Å². The summed E-state index contributed by atoms with van der Waals surface area (Å²) in [5.74, 6) is -0.284. The van der Waals surface area contributed by atoms with Crippen LogP contribution < -0.4 is 10.5 Å². The summed E-state index contributed by atoms with van der Waals surface area (Å²) in [5.41, 5.74) is 5.46. The molecule has 0 atom stereocenters. The van der Waals surface area contributed by atoms with Gasteiger partial charge in [0, 0.05) is 5.56 Å². The van der Waals surface area contributed by atoms with Gasteiger partial charge in [-0.2, -0.15) is 8.78 Å². The molecule has 0 saturated heterocycles. The summed E-state index contributed by atoms with van der Waals surface area (Å²) in [6.45, 7) is -2.89. The van der Waals surface area contributed by atoms with Gasteiger partial charge in [-0.3, -0.25) is 5.41 Å². The lowest BCUT2D eigenvalue weighted by Gasteiger charge is -2.06. The first-order valence-corrected chi connectivity index (χ1v) is 3.97. The zero-order valence-electron chi connectivity index (χ0n) is 6.93. The van der Waals surface area contributed by atoms with E-state index in [0.29, 0.717) is 0 Å². The number of nitrogens with one attached hydrogen (secondary N) is 1. The Hall–Kier alpha value is -1.36. The van der Waals surface area contributed by atoms with Crippen molar-refractivity contribution in [2.45, 2.75) is 6.61 Å². The van der Waals surface area contributed by atoms with Gasteiger partial charge in [-0.05, 0) is 18.2 Å². The van der Waals surface area contributed by atoms with Crippen LogP contribution >= 0.6 is 11.6 Å². The van der Waals surface area contributed by atoms with Gasteiger partial charge in [-0.1, -0.05) is 11.6 Å². The number of hydrogen-bond donors (Lipinski definition) is 2. The third-order valence-corrected chi connectivity index (χ3v) is 1.77. The number of nitrogen functional groups attached to an aromatic ring is 1. The Bertz CT molecular complexity index is 357. The van der Waals surface area contributed by atoms with Crippen LogP contribution in [0.3, 0.4) is 0 Å². The molecule has 0 heterocycles. The number of amidine groups is 1. The van der Waals surface area contributed by atoms with E-state index in [1.807, 2.05) is 0 Å². The lowest BCUT2D eigenvalue weighted by atomic mass is 10.2. The van der Waals surface area contributed by atoms with E-state index >= 15 is 0 Å². The van der Waals surface area contributed by atoms with E-state index in [0.717, 1.165) is 0 Å². The number of hydrogen-bond acceptors (Lipinski definition) is 2. The third kappa shape index (κ3) is 2.56. The Labute approximate surface area is 83.9 Å². The second-order valence-corrected chi connectivity index (χ2v) is 2.84. The van der Waals surface area contributed by atoms with Gasteiger partial charge in [0.2, 0.25) is 0 Å². The molecule has 1 aromatic rings. The minimum atomic E-state index is -2.89. The molecule has 0 spiro atoms. The zero-order valence-corrected chi connectivity index (χ0v) is 7.68. The molecule has 1 rings (SSSR count). The molecule has 0 saturated carbocycles. The van der Waals surface area contributed by atoms with Crippen molar-refractivity contribution >= 4 is 17.4 Å². The largest absolute Gasteiger partial charge is 0.435 e. The molecule has 0 aromatic heterocycles. The second-order valence-electron chi connectivity index (χ2n) is 2.43. The van der Waals surface area contributed by atoms with Crippen LogP contribution in [0.2, 0.25) is 5.02 Å². The fourth-order valence-electron chi connectivity index (χ4n) is 0.890. The second kappa shape index (κ2) is 4.23. The predicted molar refractivity (Wildman–Crippen MR) is 49.1 cm³/mol. The first-order valence-electron chi connectivity index (χ1n) is 3.59. The first-order chi connectivity index (χ1) is 6.50. The highest BCUT2D eigenvalue weighted by molar-refractivity contribution is 6.34. The molecule has 0 unspecified atom stereocenters. The molecule has 0 fully saturated rings. The fraction of sp³-hybridized carbons (Fsp3) is 0.125. The molecule has 0 bridgehead atoms. The molecule has 0 amide bonds. The summed E-state index contributed by atoms with van der Waals surface area (Å²) in [7, 11) is 0. The molecule has 0 aliphatic rings. The molecule has 76 valence electrons. The minimum Gasteiger partial charge on any atom is -0.435 e. The van der Waals surface area contributed by atoms with Crippen molar-refractivity contribution in [2.75, 3.05) is 0 Å². The highest BCUT2D eigenvalue weighted by Gasteiger charge is 2.08. The monoisotopic (exact) mass is 220 g/mol. The van der Waals surface area contributed by atoms with Crippen molar-refractivity contribution in [1.29, 1.82) is 5.41 Å². The van der Waals surface area contributed by atoms with Crippen molar-refractivity contribution in [1.82, 2.24) is 0 Å². The average molecular weight is 221 g/mol. The van der Waals surface area contributed by atoms with Gasteiger partial charge in [0.05, 0.1) is 5.02 Å². The molecule has 6 heteroatoms. The molecule has 3 nitrogen and oxygen atoms in total. The number of benzene rings is 1. The number of nitrogens with two attached hydrogens (primary N) is 1. The van der Waals surface area contributed by atoms with Crippen LogP contribution in [0.25, 0.3) is 0 Å². The van der Waals surface area contributed by atoms with Crippen LogP contribution in [-0.4, -0.2) is 12.4 Å². The maximum absolute atomic E-state index is 11.8. The molecule has 14 heavy (non-hydrogen) atoms. The maximum atomic E-state index is 11.8. The summed E-state index contributed by atoms with van der Waals surface area (Å²) in [6.07, 6.45) is 0. The van der Waals surface area contributed by atoms with Crippen molar-refractivity contribution in [2.24, 2.45) is 5.73 Å². The Kier molecular flexibility index (Phi) is 3.24. The van der Waals surface area contributed by atoms with Crippen molar-refractivity contribution in [3.63, 3.8) is 0 Å². The standard InChI is InChI=1S/C8H7ClF2N2O/c9-6-3-4(14-8(10)11)1-2-5(6)7(12)13/h1-3,8H,(H3,12,13). The summed E-state index contributed by atoms with van der Waals surface area (Å²) in [6, 6.07) is 3.81. The third-order valence-electron chi connectivity index (χ3n) is 1.46. The van der Waals surface area contributed by atoms with E-state index in [-0.39, 0.29) is 22.2 Å². The van der Waals surface area contributed by atoms with E-state index in [1.54, 1.807) is 0 Å². The van der Waals surface area contributed by atoms with Crippen LogP contribution in [0.5, 0.6) is 5.75 Å². The van der Waals surface area contributed by atoms with Crippen molar-refractivity contribution < 1.29 is 13.5 Å². The van der Waals surface area contributed by atoms with Crippen LogP contribution in [-0.2, 0) is 0 Å². The van der Waals surface area contributed by atoms with E-state index in [1.165, 1.54) is 18.2 Å². The molecular formula is C8H7ClF2N2O. The molecule has 3 N–H and O–H groups in total. The lowest BCUT2D eigenvalue weighted by molar-refractivity contribution is -0.0498. The van der Waals surface area contributed by atoms with E-state index in [9.17, 15) is 8.78 Å². The number of halogens is 3. The van der Waals surface area contributed by atoms with Crippen LogP contribution in [0.4, 0.5) is 8.78 Å². The number of alkyl halides is 2. The Morgan fingerprint density at radius 1 is 1.50 bits per heavy atom. The summed E-state index contributed by atoms with van der Waals surface area (Å²) in [5, 5.41) is 7.20. The molecular weight excluding hydrogens is 214 g/mol. The van der Waals surface area contributed by atoms with Crippen LogP contribution in [0.15, 0.2) is 18.2 Å². The Morgan fingerprint density at radius 3 is 2.57 bits per heavy atom. The van der Waals surface area contributed by atoms with Crippen LogP contribution in [0, 0.1) is 5.41 Å². The molecule has 0 aliphatic heterocycles.